The van der Waals surface area contributed by atoms with Crippen molar-refractivity contribution < 1.29 is 4.79 Å². The predicted octanol–water partition coefficient (Wildman–Crippen LogP) is 3.93. The van der Waals surface area contributed by atoms with Gasteiger partial charge in [0, 0.05) is 30.0 Å². The average molecular weight is 355 g/mol. The van der Waals surface area contributed by atoms with E-state index in [0.717, 1.165) is 33.8 Å². The average Bonchev–Trinajstić information content (AvgIpc) is 3.00. The maximum atomic E-state index is 11.7. The van der Waals surface area contributed by atoms with Crippen molar-refractivity contribution in [2.24, 2.45) is 0 Å². The molecule has 3 rings (SSSR count). The Labute approximate surface area is 142 Å². The molecule has 2 heterocycles. The largest absolute Gasteiger partial charge is 0.284 e. The summed E-state index contributed by atoms with van der Waals surface area (Å²) in [6, 6.07) is 0.329. The van der Waals surface area contributed by atoms with Crippen molar-refractivity contribution in [2.45, 2.75) is 55.7 Å². The summed E-state index contributed by atoms with van der Waals surface area (Å²) in [6.07, 6.45) is 2.14. The van der Waals surface area contributed by atoms with Crippen LogP contribution in [0.15, 0.2) is 9.72 Å². The third kappa shape index (κ3) is 3.67. The molecule has 0 atom stereocenters. The molecule has 1 aliphatic carbocycles. The number of thiazole rings is 1. The Morgan fingerprint density at radius 3 is 2.82 bits per heavy atom. The van der Waals surface area contributed by atoms with Gasteiger partial charge in [-0.1, -0.05) is 36.9 Å². The number of aromatic nitrogens is 3. The van der Waals surface area contributed by atoms with Crippen LogP contribution >= 0.6 is 34.4 Å². The van der Waals surface area contributed by atoms with E-state index in [9.17, 15) is 4.79 Å². The third-order valence-corrected chi connectivity index (χ3v) is 6.54. The lowest BCUT2D eigenvalue weighted by Gasteiger charge is -2.15. The van der Waals surface area contributed by atoms with Crippen LogP contribution in [-0.4, -0.2) is 27.1 Å². The molecule has 0 unspecified atom stereocenters. The second-order valence-electron chi connectivity index (χ2n) is 5.59. The monoisotopic (exact) mass is 354 g/mol. The van der Waals surface area contributed by atoms with E-state index in [1.165, 1.54) is 16.3 Å². The molecule has 0 saturated heterocycles. The molecule has 22 heavy (non-hydrogen) atoms. The van der Waals surface area contributed by atoms with E-state index in [2.05, 4.69) is 34.4 Å². The van der Waals surface area contributed by atoms with Crippen LogP contribution in [0.1, 0.15) is 50.2 Å². The first-order valence-corrected chi connectivity index (χ1v) is 9.93. The molecular weight excluding hydrogens is 336 g/mol. The Morgan fingerprint density at radius 1 is 1.45 bits per heavy atom. The number of thioether (sulfide) groups is 1. The quantitative estimate of drug-likeness (QED) is 0.581. The molecule has 1 fully saturated rings. The molecule has 1 saturated carbocycles. The standard InChI is InChI=1S/C14H18N4OS3/c1-8(2)12-15-10(6-20-12)7-21-14-17-16-13(22-14)18(9(3)19)11-4-5-11/h6,8,11H,4-5,7H2,1-3H3. The van der Waals surface area contributed by atoms with E-state index in [-0.39, 0.29) is 5.91 Å². The molecule has 8 heteroatoms. The summed E-state index contributed by atoms with van der Waals surface area (Å²) in [5.74, 6) is 1.32. The normalized spacial score (nSPS) is 14.5. The van der Waals surface area contributed by atoms with E-state index >= 15 is 0 Å². The molecule has 2 aromatic heterocycles. The fraction of sp³-hybridized carbons (Fsp3) is 0.571. The minimum atomic E-state index is 0.0521. The van der Waals surface area contributed by atoms with E-state index < -0.39 is 0 Å². The van der Waals surface area contributed by atoms with Crippen LogP contribution in [0.2, 0.25) is 0 Å². The summed E-state index contributed by atoms with van der Waals surface area (Å²) in [5, 5.41) is 12.4. The molecule has 118 valence electrons. The lowest BCUT2D eigenvalue weighted by molar-refractivity contribution is -0.116. The van der Waals surface area contributed by atoms with Crippen molar-refractivity contribution in [3.8, 4) is 0 Å². The molecule has 0 radical (unpaired) electrons. The highest BCUT2D eigenvalue weighted by atomic mass is 32.2. The number of anilines is 1. The van der Waals surface area contributed by atoms with Crippen molar-refractivity contribution in [3.05, 3.63) is 16.1 Å². The Morgan fingerprint density at radius 2 is 2.23 bits per heavy atom. The molecular formula is C14H18N4OS3. The maximum absolute atomic E-state index is 11.7. The predicted molar refractivity (Wildman–Crippen MR) is 91.9 cm³/mol. The van der Waals surface area contributed by atoms with Gasteiger partial charge in [-0.2, -0.15) is 0 Å². The number of rotatable bonds is 6. The first kappa shape index (κ1) is 15.9. The van der Waals surface area contributed by atoms with Gasteiger partial charge in [0.15, 0.2) is 4.34 Å². The second kappa shape index (κ2) is 6.64. The van der Waals surface area contributed by atoms with E-state index in [0.29, 0.717) is 12.0 Å². The van der Waals surface area contributed by atoms with Crippen LogP contribution in [0, 0.1) is 0 Å². The number of amides is 1. The Hall–Kier alpha value is -0.990. The molecule has 5 nitrogen and oxygen atoms in total. The fourth-order valence-electron chi connectivity index (χ4n) is 2.03. The van der Waals surface area contributed by atoms with Gasteiger partial charge in [0.25, 0.3) is 0 Å². The summed E-state index contributed by atoms with van der Waals surface area (Å²) in [5.41, 5.74) is 1.08. The number of carbonyl (C=O) groups is 1. The molecule has 1 aliphatic rings. The fourth-order valence-corrected chi connectivity index (χ4v) is 4.82. The van der Waals surface area contributed by atoms with Crippen LogP contribution in [0.4, 0.5) is 5.13 Å². The molecule has 0 aliphatic heterocycles. The van der Waals surface area contributed by atoms with Crippen molar-refractivity contribution in [2.75, 3.05) is 4.90 Å². The minimum Gasteiger partial charge on any atom is -0.284 e. The Bertz CT molecular complexity index is 663. The van der Waals surface area contributed by atoms with Crippen LogP contribution in [0.3, 0.4) is 0 Å². The van der Waals surface area contributed by atoms with E-state index in [1.807, 2.05) is 0 Å². The molecule has 1 amide bonds. The van der Waals surface area contributed by atoms with Gasteiger partial charge in [0.2, 0.25) is 11.0 Å². The number of hydrogen-bond acceptors (Lipinski definition) is 7. The van der Waals surface area contributed by atoms with Gasteiger partial charge in [-0.3, -0.25) is 9.69 Å². The summed E-state index contributed by atoms with van der Waals surface area (Å²) in [6.45, 7) is 5.90. The summed E-state index contributed by atoms with van der Waals surface area (Å²) < 4.78 is 0.890. The first-order valence-electron chi connectivity index (χ1n) is 7.25. The molecule has 0 spiro atoms. The van der Waals surface area contributed by atoms with Crippen LogP contribution < -0.4 is 4.90 Å². The zero-order chi connectivity index (χ0) is 15.7. The van der Waals surface area contributed by atoms with Crippen LogP contribution in [0.25, 0.3) is 0 Å². The smallest absolute Gasteiger partial charge is 0.225 e. The van der Waals surface area contributed by atoms with Crippen LogP contribution in [-0.2, 0) is 10.5 Å². The number of nitrogens with zero attached hydrogens (tertiary/aromatic N) is 4. The third-order valence-electron chi connectivity index (χ3n) is 3.26. The number of carbonyl (C=O) groups excluding carboxylic acids is 1. The van der Waals surface area contributed by atoms with Crippen molar-refractivity contribution in [1.82, 2.24) is 15.2 Å². The van der Waals surface area contributed by atoms with Gasteiger partial charge in [0.1, 0.15) is 0 Å². The second-order valence-corrected chi connectivity index (χ2v) is 8.66. The summed E-state index contributed by atoms with van der Waals surface area (Å²) in [4.78, 5) is 18.1. The van der Waals surface area contributed by atoms with Gasteiger partial charge < -0.3 is 0 Å². The van der Waals surface area contributed by atoms with Crippen molar-refractivity contribution in [1.29, 1.82) is 0 Å². The minimum absolute atomic E-state index is 0.0521. The first-order chi connectivity index (χ1) is 10.5. The molecule has 2 aromatic rings. The highest BCUT2D eigenvalue weighted by molar-refractivity contribution is 8.00. The highest BCUT2D eigenvalue weighted by Gasteiger charge is 2.34. The lowest BCUT2D eigenvalue weighted by atomic mass is 10.2. The van der Waals surface area contributed by atoms with Gasteiger partial charge in [0.05, 0.1) is 10.7 Å². The zero-order valence-corrected chi connectivity index (χ0v) is 15.2. The summed E-state index contributed by atoms with van der Waals surface area (Å²) >= 11 is 4.83. The summed E-state index contributed by atoms with van der Waals surface area (Å²) in [7, 11) is 0. The highest BCUT2D eigenvalue weighted by Crippen LogP contribution is 2.36. The van der Waals surface area contributed by atoms with Crippen molar-refractivity contribution >= 4 is 45.5 Å². The van der Waals surface area contributed by atoms with Gasteiger partial charge in [-0.25, -0.2) is 4.98 Å². The molecule has 0 N–H and O–H groups in total. The van der Waals surface area contributed by atoms with E-state index in [4.69, 9.17) is 0 Å². The Balaban J connectivity index is 1.62. The maximum Gasteiger partial charge on any atom is 0.225 e. The topological polar surface area (TPSA) is 59.0 Å². The molecule has 0 bridgehead atoms. The molecule has 0 aromatic carbocycles. The number of hydrogen-bond donors (Lipinski definition) is 0. The van der Waals surface area contributed by atoms with E-state index in [1.54, 1.807) is 34.9 Å². The van der Waals surface area contributed by atoms with Crippen LogP contribution in [0.5, 0.6) is 0 Å². The van der Waals surface area contributed by atoms with Gasteiger partial charge in [-0.05, 0) is 12.8 Å². The lowest BCUT2D eigenvalue weighted by Crippen LogP contribution is -2.30. The van der Waals surface area contributed by atoms with Gasteiger partial charge >= 0.3 is 0 Å². The SMILES string of the molecule is CC(=O)N(c1nnc(SCc2csc(C(C)C)n2)s1)C1CC1. The van der Waals surface area contributed by atoms with Crippen molar-refractivity contribution in [3.63, 3.8) is 0 Å². The van der Waals surface area contributed by atoms with Gasteiger partial charge in [-0.15, -0.1) is 21.5 Å². The Kier molecular flexibility index (Phi) is 4.79. The zero-order valence-electron chi connectivity index (χ0n) is 12.8.